The summed E-state index contributed by atoms with van der Waals surface area (Å²) in [6.45, 7) is 0. The predicted molar refractivity (Wildman–Crippen MR) is 56.3 cm³/mol. The van der Waals surface area contributed by atoms with Crippen molar-refractivity contribution >= 4 is 5.97 Å². The number of aliphatic hydroxyl groups is 1. The maximum atomic E-state index is 11.6. The van der Waals surface area contributed by atoms with Gasteiger partial charge < -0.3 is 9.84 Å². The van der Waals surface area contributed by atoms with Crippen LogP contribution < -0.4 is 0 Å². The molecule has 86 valence electrons. The van der Waals surface area contributed by atoms with Gasteiger partial charge in [0.15, 0.2) is 0 Å². The van der Waals surface area contributed by atoms with Crippen molar-refractivity contribution in [2.24, 2.45) is 11.3 Å². The van der Waals surface area contributed by atoms with E-state index in [1.165, 1.54) is 26.4 Å². The highest BCUT2D eigenvalue weighted by atomic mass is 16.5. The van der Waals surface area contributed by atoms with E-state index in [0.717, 1.165) is 25.7 Å². The highest BCUT2D eigenvalue weighted by Crippen LogP contribution is 2.53. The number of rotatable bonds is 3. The van der Waals surface area contributed by atoms with Gasteiger partial charge in [-0.15, -0.1) is 0 Å². The minimum Gasteiger partial charge on any atom is -0.469 e. The molecule has 15 heavy (non-hydrogen) atoms. The lowest BCUT2D eigenvalue weighted by molar-refractivity contribution is -0.154. The van der Waals surface area contributed by atoms with E-state index in [4.69, 9.17) is 4.74 Å². The first-order valence-electron chi connectivity index (χ1n) is 5.97. The number of ether oxygens (including phenoxy) is 1. The molecule has 3 heteroatoms. The fourth-order valence-corrected chi connectivity index (χ4v) is 2.86. The Balaban J connectivity index is 2.00. The molecule has 2 aliphatic rings. The molecule has 0 aromatic carbocycles. The largest absolute Gasteiger partial charge is 0.469 e. The second-order valence-electron chi connectivity index (χ2n) is 4.99. The molecule has 0 aromatic rings. The summed E-state index contributed by atoms with van der Waals surface area (Å²) in [6.07, 6.45) is 6.94. The first-order chi connectivity index (χ1) is 7.20. The summed E-state index contributed by atoms with van der Waals surface area (Å²) in [6, 6.07) is 0. The second kappa shape index (κ2) is 4.12. The first kappa shape index (κ1) is 10.9. The van der Waals surface area contributed by atoms with Crippen molar-refractivity contribution in [1.82, 2.24) is 0 Å². The van der Waals surface area contributed by atoms with Crippen molar-refractivity contribution in [2.75, 3.05) is 7.11 Å². The molecule has 2 rings (SSSR count). The molecular formula is C12H20O3. The van der Waals surface area contributed by atoms with E-state index in [0.29, 0.717) is 5.92 Å². The minimum absolute atomic E-state index is 0.208. The molecule has 0 amide bonds. The van der Waals surface area contributed by atoms with E-state index in [1.54, 1.807) is 0 Å². The highest BCUT2D eigenvalue weighted by Gasteiger charge is 2.58. The number of hydrogen-bond donors (Lipinski definition) is 1. The van der Waals surface area contributed by atoms with E-state index in [-0.39, 0.29) is 5.97 Å². The van der Waals surface area contributed by atoms with E-state index < -0.39 is 11.5 Å². The van der Waals surface area contributed by atoms with Gasteiger partial charge in [0.1, 0.15) is 0 Å². The van der Waals surface area contributed by atoms with Gasteiger partial charge >= 0.3 is 5.97 Å². The Labute approximate surface area is 90.8 Å². The maximum absolute atomic E-state index is 11.6. The van der Waals surface area contributed by atoms with Crippen molar-refractivity contribution in [2.45, 2.75) is 51.0 Å². The Hall–Kier alpha value is -0.570. The molecule has 1 N–H and O–H groups in total. The lowest BCUT2D eigenvalue weighted by atomic mass is 9.79. The van der Waals surface area contributed by atoms with Gasteiger partial charge in [0.05, 0.1) is 18.6 Å². The molecule has 0 saturated heterocycles. The van der Waals surface area contributed by atoms with Crippen LogP contribution in [0.3, 0.4) is 0 Å². The molecular weight excluding hydrogens is 192 g/mol. The van der Waals surface area contributed by atoms with E-state index in [9.17, 15) is 9.90 Å². The molecule has 2 fully saturated rings. The number of carbonyl (C=O) groups is 1. The lowest BCUT2D eigenvalue weighted by Crippen LogP contribution is -2.37. The Morgan fingerprint density at radius 3 is 2.40 bits per heavy atom. The zero-order valence-corrected chi connectivity index (χ0v) is 9.37. The molecule has 2 aliphatic carbocycles. The molecule has 0 heterocycles. The van der Waals surface area contributed by atoms with Crippen LogP contribution in [0.25, 0.3) is 0 Å². The second-order valence-corrected chi connectivity index (χ2v) is 4.99. The molecule has 1 atom stereocenters. The fraction of sp³-hybridized carbons (Fsp3) is 0.917. The number of esters is 1. The summed E-state index contributed by atoms with van der Waals surface area (Å²) < 4.78 is 4.79. The Morgan fingerprint density at radius 2 is 1.93 bits per heavy atom. The van der Waals surface area contributed by atoms with Gasteiger partial charge in [-0.3, -0.25) is 4.79 Å². The zero-order chi connectivity index (χ0) is 10.9. The Kier molecular flexibility index (Phi) is 3.01. The summed E-state index contributed by atoms with van der Waals surface area (Å²) >= 11 is 0. The van der Waals surface area contributed by atoms with Crippen molar-refractivity contribution in [3.8, 4) is 0 Å². The van der Waals surface area contributed by atoms with Gasteiger partial charge in [0, 0.05) is 0 Å². The molecule has 2 saturated carbocycles. The number of carbonyl (C=O) groups excluding carboxylic acids is 1. The number of aliphatic hydroxyl groups excluding tert-OH is 1. The van der Waals surface area contributed by atoms with Gasteiger partial charge in [-0.25, -0.2) is 0 Å². The number of methoxy groups -OCH3 is 1. The van der Waals surface area contributed by atoms with Crippen molar-refractivity contribution in [1.29, 1.82) is 0 Å². The predicted octanol–water partition coefficient (Wildman–Crippen LogP) is 1.88. The molecule has 3 nitrogen and oxygen atoms in total. The van der Waals surface area contributed by atoms with Crippen LogP contribution in [0.2, 0.25) is 0 Å². The van der Waals surface area contributed by atoms with Crippen LogP contribution in [0.1, 0.15) is 44.9 Å². The van der Waals surface area contributed by atoms with Crippen molar-refractivity contribution in [3.05, 3.63) is 0 Å². The van der Waals surface area contributed by atoms with Gasteiger partial charge in [0.25, 0.3) is 0 Å². The molecule has 0 bridgehead atoms. The van der Waals surface area contributed by atoms with Gasteiger partial charge in [-0.2, -0.15) is 0 Å². The van der Waals surface area contributed by atoms with Crippen LogP contribution in [0.4, 0.5) is 0 Å². The first-order valence-corrected chi connectivity index (χ1v) is 5.97. The van der Waals surface area contributed by atoms with Crippen molar-refractivity contribution in [3.63, 3.8) is 0 Å². The van der Waals surface area contributed by atoms with Crippen LogP contribution >= 0.6 is 0 Å². The van der Waals surface area contributed by atoms with Crippen LogP contribution in [0.15, 0.2) is 0 Å². The van der Waals surface area contributed by atoms with Gasteiger partial charge in [-0.1, -0.05) is 19.3 Å². The summed E-state index contributed by atoms with van der Waals surface area (Å²) in [7, 11) is 1.41. The Bertz CT molecular complexity index is 239. The third-order valence-electron chi connectivity index (χ3n) is 4.04. The third kappa shape index (κ3) is 1.89. The lowest BCUT2D eigenvalue weighted by Gasteiger charge is -2.31. The van der Waals surface area contributed by atoms with Crippen LogP contribution in [-0.4, -0.2) is 24.3 Å². The zero-order valence-electron chi connectivity index (χ0n) is 9.37. The topological polar surface area (TPSA) is 46.5 Å². The minimum atomic E-state index is -0.531. The smallest absolute Gasteiger partial charge is 0.314 e. The fourth-order valence-electron chi connectivity index (χ4n) is 2.86. The maximum Gasteiger partial charge on any atom is 0.314 e. The van der Waals surface area contributed by atoms with Crippen LogP contribution in [0.5, 0.6) is 0 Å². The van der Waals surface area contributed by atoms with E-state index in [1.807, 2.05) is 0 Å². The normalized spacial score (nSPS) is 27.1. The summed E-state index contributed by atoms with van der Waals surface area (Å²) in [5.41, 5.74) is -0.531. The quantitative estimate of drug-likeness (QED) is 0.726. The average molecular weight is 212 g/mol. The molecule has 0 radical (unpaired) electrons. The van der Waals surface area contributed by atoms with Crippen LogP contribution in [0, 0.1) is 11.3 Å². The van der Waals surface area contributed by atoms with E-state index in [2.05, 4.69) is 0 Å². The molecule has 0 aliphatic heterocycles. The summed E-state index contributed by atoms with van der Waals surface area (Å²) in [5, 5.41) is 10.3. The summed E-state index contributed by atoms with van der Waals surface area (Å²) in [5.74, 6) is 0.112. The van der Waals surface area contributed by atoms with E-state index >= 15 is 0 Å². The monoisotopic (exact) mass is 212 g/mol. The molecule has 0 spiro atoms. The van der Waals surface area contributed by atoms with Gasteiger partial charge in [0.2, 0.25) is 0 Å². The standard InChI is InChI=1S/C12H20O3/c1-15-11(14)12(7-8-12)10(13)9-5-3-2-4-6-9/h9-10,13H,2-8H2,1H3/t10-/m0/s1. The number of hydrogen-bond acceptors (Lipinski definition) is 3. The van der Waals surface area contributed by atoms with Gasteiger partial charge in [-0.05, 0) is 31.6 Å². The SMILES string of the molecule is COC(=O)C1([C@@H](O)C2CCCCC2)CC1. The highest BCUT2D eigenvalue weighted by molar-refractivity contribution is 5.80. The Morgan fingerprint density at radius 1 is 1.33 bits per heavy atom. The van der Waals surface area contributed by atoms with Crippen molar-refractivity contribution < 1.29 is 14.6 Å². The summed E-state index contributed by atoms with van der Waals surface area (Å²) in [4.78, 5) is 11.6. The average Bonchev–Trinajstić information content (AvgIpc) is 3.09. The molecule has 0 aromatic heterocycles. The third-order valence-corrected chi connectivity index (χ3v) is 4.04. The van der Waals surface area contributed by atoms with Crippen LogP contribution in [-0.2, 0) is 9.53 Å². The molecule has 0 unspecified atom stereocenters.